The van der Waals surface area contributed by atoms with Crippen molar-refractivity contribution in [2.45, 2.75) is 63.9 Å². The average Bonchev–Trinajstić information content (AvgIpc) is 2.94. The zero-order chi connectivity index (χ0) is 31.1. The maximum Gasteiger partial charge on any atom is 0.355 e. The average molecular weight is 580 g/mol. The van der Waals surface area contributed by atoms with Crippen LogP contribution < -0.4 is 5.73 Å². The lowest BCUT2D eigenvalue weighted by Gasteiger charge is -2.30. The van der Waals surface area contributed by atoms with Crippen LogP contribution in [0.15, 0.2) is 84.1 Å². The van der Waals surface area contributed by atoms with Gasteiger partial charge in [0.15, 0.2) is 6.10 Å². The van der Waals surface area contributed by atoms with E-state index in [1.165, 1.54) is 58.0 Å². The summed E-state index contributed by atoms with van der Waals surface area (Å²) >= 11 is 0. The number of allylic oxidation sites excluding steroid dienone is 1. The van der Waals surface area contributed by atoms with E-state index in [2.05, 4.69) is 0 Å². The molecule has 0 aliphatic heterocycles. The van der Waals surface area contributed by atoms with Crippen molar-refractivity contribution in [3.63, 3.8) is 0 Å². The number of carboxylic acid groups (broad SMARTS) is 1. The molecule has 11 nitrogen and oxygen atoms in total. The maximum atomic E-state index is 13.2. The summed E-state index contributed by atoms with van der Waals surface area (Å²) in [5.41, 5.74) is 3.08. The van der Waals surface area contributed by atoms with E-state index in [4.69, 9.17) is 24.7 Å². The number of aliphatic carboxylic acids is 1. The lowest BCUT2D eigenvalue weighted by molar-refractivity contribution is -0.172. The molecule has 0 saturated heterocycles. The molecule has 2 aromatic carbocycles. The molecule has 3 rings (SSSR count). The van der Waals surface area contributed by atoms with Gasteiger partial charge in [0.1, 0.15) is 11.8 Å². The quantitative estimate of drug-likeness (QED) is 0.294. The van der Waals surface area contributed by atoms with Crippen LogP contribution in [-0.2, 0) is 33.3 Å². The van der Waals surface area contributed by atoms with Crippen LogP contribution in [0.2, 0.25) is 0 Å². The van der Waals surface area contributed by atoms with Crippen LogP contribution >= 0.6 is 0 Å². The second-order valence-electron chi connectivity index (χ2n) is 10.5. The molecule has 3 N–H and O–H groups in total. The fourth-order valence-corrected chi connectivity index (χ4v) is 3.71. The first-order valence-electron chi connectivity index (χ1n) is 13.1. The summed E-state index contributed by atoms with van der Waals surface area (Å²) in [4.78, 5) is 62.7. The van der Waals surface area contributed by atoms with Crippen LogP contribution in [0.25, 0.3) is 0 Å². The summed E-state index contributed by atoms with van der Waals surface area (Å²) in [6, 6.07) is 14.9. The molecule has 1 unspecified atom stereocenters. The van der Waals surface area contributed by atoms with E-state index in [0.717, 1.165) is 0 Å². The number of carbonyl (C=O) groups excluding carboxylic acids is 4. The Bertz CT molecular complexity index is 1390. The van der Waals surface area contributed by atoms with Gasteiger partial charge in [0.2, 0.25) is 11.2 Å². The monoisotopic (exact) mass is 579 g/mol. The molecule has 1 aliphatic carbocycles. The number of hydrogen-bond donors (Lipinski definition) is 2. The molecule has 0 aromatic heterocycles. The summed E-state index contributed by atoms with van der Waals surface area (Å²) in [5.74, 6) is -4.77. The van der Waals surface area contributed by atoms with Crippen molar-refractivity contribution in [1.29, 1.82) is 0 Å². The van der Waals surface area contributed by atoms with Crippen LogP contribution in [-0.4, -0.2) is 58.3 Å². The van der Waals surface area contributed by atoms with E-state index < -0.39 is 53.2 Å². The Morgan fingerprint density at radius 2 is 1.31 bits per heavy atom. The first kappa shape index (κ1) is 31.8. The molecule has 222 valence electrons. The number of benzene rings is 2. The molecule has 0 fully saturated rings. The third-order valence-electron chi connectivity index (χ3n) is 6.17. The molecule has 0 bridgehead atoms. The standard InChI is InChI=1S/C31H33NO10/c1-30(2,41-26(35)20-11-7-5-8-12-20)28(37)39-23-16-15-19(17-22(32)25(33)34)18-24(23)40-29(38)31(3,4)42-27(36)21-13-9-6-10-14-21/h5-15,18,22-23H,16-17,32H2,1-4H3,(H,33,34)/t22-,23?/m0/s1. The number of esters is 4. The fourth-order valence-electron chi connectivity index (χ4n) is 3.71. The Morgan fingerprint density at radius 3 is 1.79 bits per heavy atom. The molecule has 0 saturated carbocycles. The first-order valence-corrected chi connectivity index (χ1v) is 13.1. The van der Waals surface area contributed by atoms with Crippen LogP contribution in [0, 0.1) is 0 Å². The Kier molecular flexibility index (Phi) is 10.0. The molecule has 11 heteroatoms. The van der Waals surface area contributed by atoms with Crippen molar-refractivity contribution in [2.75, 3.05) is 0 Å². The number of carboxylic acids is 1. The van der Waals surface area contributed by atoms with Crippen LogP contribution in [0.3, 0.4) is 0 Å². The molecule has 0 spiro atoms. The van der Waals surface area contributed by atoms with Crippen LogP contribution in [0.5, 0.6) is 0 Å². The van der Waals surface area contributed by atoms with Gasteiger partial charge >= 0.3 is 29.8 Å². The highest BCUT2D eigenvalue weighted by Gasteiger charge is 2.40. The predicted octanol–water partition coefficient (Wildman–Crippen LogP) is 3.73. The topological polar surface area (TPSA) is 169 Å². The Hall–Kier alpha value is -4.77. The maximum absolute atomic E-state index is 13.2. The lowest BCUT2D eigenvalue weighted by Crippen LogP contribution is -2.43. The van der Waals surface area contributed by atoms with E-state index >= 15 is 0 Å². The molecule has 2 aromatic rings. The second-order valence-corrected chi connectivity index (χ2v) is 10.5. The van der Waals surface area contributed by atoms with E-state index in [9.17, 15) is 29.1 Å². The predicted molar refractivity (Wildman–Crippen MR) is 149 cm³/mol. The molecule has 0 amide bonds. The summed E-state index contributed by atoms with van der Waals surface area (Å²) in [7, 11) is 0. The van der Waals surface area contributed by atoms with Gasteiger partial charge in [-0.15, -0.1) is 0 Å². The van der Waals surface area contributed by atoms with Gasteiger partial charge in [-0.1, -0.05) is 42.5 Å². The highest BCUT2D eigenvalue weighted by Crippen LogP contribution is 2.29. The van der Waals surface area contributed by atoms with Gasteiger partial charge < -0.3 is 29.8 Å². The molecule has 2 atom stereocenters. The van der Waals surface area contributed by atoms with Gasteiger partial charge in [0.25, 0.3) is 0 Å². The second kappa shape index (κ2) is 13.3. The summed E-state index contributed by atoms with van der Waals surface area (Å²) < 4.78 is 22.0. The normalized spacial score (nSPS) is 15.8. The first-order chi connectivity index (χ1) is 19.7. The number of ether oxygens (including phenoxy) is 4. The molecule has 42 heavy (non-hydrogen) atoms. The van der Waals surface area contributed by atoms with Crippen molar-refractivity contribution in [2.24, 2.45) is 5.73 Å². The highest BCUT2D eigenvalue weighted by atomic mass is 16.6. The van der Waals surface area contributed by atoms with Gasteiger partial charge in [-0.25, -0.2) is 19.2 Å². The van der Waals surface area contributed by atoms with E-state index in [0.29, 0.717) is 5.57 Å². The summed E-state index contributed by atoms with van der Waals surface area (Å²) in [5, 5.41) is 9.21. The third kappa shape index (κ3) is 8.37. The van der Waals surface area contributed by atoms with Gasteiger partial charge in [-0.2, -0.15) is 0 Å². The summed E-state index contributed by atoms with van der Waals surface area (Å²) in [6.45, 7) is 5.38. The van der Waals surface area contributed by atoms with Crippen molar-refractivity contribution >= 4 is 29.8 Å². The van der Waals surface area contributed by atoms with Crippen LogP contribution in [0.4, 0.5) is 0 Å². The number of rotatable bonds is 11. The van der Waals surface area contributed by atoms with Crippen LogP contribution in [0.1, 0.15) is 61.3 Å². The zero-order valence-electron chi connectivity index (χ0n) is 23.7. The van der Waals surface area contributed by atoms with Gasteiger partial charge in [-0.3, -0.25) is 4.79 Å². The Morgan fingerprint density at radius 1 is 0.833 bits per heavy atom. The number of nitrogens with two attached hydrogens (primary N) is 1. The minimum absolute atomic E-state index is 0.000527. The van der Waals surface area contributed by atoms with Crippen molar-refractivity contribution in [1.82, 2.24) is 0 Å². The molecule has 0 radical (unpaired) electrons. The Labute approximate surface area is 242 Å². The molecule has 1 aliphatic rings. The molecule has 0 heterocycles. The number of carbonyl (C=O) groups is 5. The summed E-state index contributed by atoms with van der Waals surface area (Å²) in [6.07, 6.45) is 1.70. The largest absolute Gasteiger partial charge is 0.480 e. The minimum atomic E-state index is -1.76. The molecular formula is C31H33NO10. The Balaban J connectivity index is 1.78. The van der Waals surface area contributed by atoms with Gasteiger partial charge in [0.05, 0.1) is 11.1 Å². The third-order valence-corrected chi connectivity index (χ3v) is 6.17. The van der Waals surface area contributed by atoms with E-state index in [1.807, 2.05) is 0 Å². The fraction of sp³-hybridized carbons (Fsp3) is 0.323. The van der Waals surface area contributed by atoms with Crippen molar-refractivity contribution in [3.05, 3.63) is 95.3 Å². The van der Waals surface area contributed by atoms with Gasteiger partial charge in [-0.05, 0) is 70.0 Å². The van der Waals surface area contributed by atoms with E-state index in [1.54, 1.807) is 42.5 Å². The smallest absolute Gasteiger partial charge is 0.355 e. The van der Waals surface area contributed by atoms with E-state index in [-0.39, 0.29) is 29.7 Å². The zero-order valence-corrected chi connectivity index (χ0v) is 23.7. The SMILES string of the molecule is CC(C)(OC(=O)c1ccccc1)C(=O)OC1=CC(C[C@H](N)C(=O)O)=CCC1OC(=O)C(C)(C)OC(=O)c1ccccc1. The highest BCUT2D eigenvalue weighted by molar-refractivity contribution is 5.93. The van der Waals surface area contributed by atoms with Crippen molar-refractivity contribution < 1.29 is 48.0 Å². The van der Waals surface area contributed by atoms with Crippen molar-refractivity contribution in [3.8, 4) is 0 Å². The number of hydrogen-bond acceptors (Lipinski definition) is 10. The lowest BCUT2D eigenvalue weighted by atomic mass is 9.97. The molecular weight excluding hydrogens is 546 g/mol. The minimum Gasteiger partial charge on any atom is -0.480 e. The van der Waals surface area contributed by atoms with Gasteiger partial charge in [0, 0.05) is 6.42 Å².